The van der Waals surface area contributed by atoms with Crippen molar-refractivity contribution in [2.24, 2.45) is 5.41 Å². The fourth-order valence-electron chi connectivity index (χ4n) is 1.63. The minimum Gasteiger partial charge on any atom is -0.508 e. The molecule has 5 heteroatoms. The van der Waals surface area contributed by atoms with E-state index in [4.69, 9.17) is 5.11 Å². The Labute approximate surface area is 98.1 Å². The maximum atomic E-state index is 11.0. The molecule has 0 bridgehead atoms. The highest BCUT2D eigenvalue weighted by molar-refractivity contribution is 5.77. The average Bonchev–Trinajstić information content (AvgIpc) is 2.57. The predicted octanol–water partition coefficient (Wildman–Crippen LogP) is 1.92. The lowest BCUT2D eigenvalue weighted by molar-refractivity contribution is -0.146. The number of phenolic OH excluding ortho intramolecular Hbond substituents is 1. The molecule has 5 nitrogen and oxygen atoms in total. The molecule has 0 fully saturated rings. The van der Waals surface area contributed by atoms with Gasteiger partial charge in [0.2, 0.25) is 0 Å². The van der Waals surface area contributed by atoms with Crippen molar-refractivity contribution in [3.8, 4) is 5.75 Å². The van der Waals surface area contributed by atoms with Gasteiger partial charge in [0.25, 0.3) is 0 Å². The topological polar surface area (TPSA) is 86.2 Å². The zero-order valence-electron chi connectivity index (χ0n) is 9.69. The largest absolute Gasteiger partial charge is 0.508 e. The number of aromatic nitrogens is 2. The van der Waals surface area contributed by atoms with E-state index in [-0.39, 0.29) is 5.75 Å². The Morgan fingerprint density at radius 1 is 1.47 bits per heavy atom. The molecule has 0 amide bonds. The highest BCUT2D eigenvalue weighted by atomic mass is 16.4. The number of aromatic amines is 1. The summed E-state index contributed by atoms with van der Waals surface area (Å²) in [6, 6.07) is 4.81. The second-order valence-electron chi connectivity index (χ2n) is 4.75. The molecule has 0 unspecified atom stereocenters. The first-order chi connectivity index (χ1) is 7.88. The van der Waals surface area contributed by atoms with E-state index >= 15 is 0 Å². The standard InChI is InChI=1S/C12H14N2O3/c1-12(2,11(16)17)6-10-13-8-4-3-7(15)5-9(8)14-10/h3-5,15H,6H2,1-2H3,(H,13,14)(H,16,17). The van der Waals surface area contributed by atoms with Crippen LogP contribution in [-0.4, -0.2) is 26.2 Å². The highest BCUT2D eigenvalue weighted by Gasteiger charge is 2.28. The van der Waals surface area contributed by atoms with Gasteiger partial charge in [-0.25, -0.2) is 4.98 Å². The Kier molecular flexibility index (Phi) is 2.53. The van der Waals surface area contributed by atoms with Crippen molar-refractivity contribution in [3.63, 3.8) is 0 Å². The molecular weight excluding hydrogens is 220 g/mol. The number of H-pyrrole nitrogens is 1. The van der Waals surface area contributed by atoms with Gasteiger partial charge in [-0.3, -0.25) is 4.79 Å². The van der Waals surface area contributed by atoms with Gasteiger partial charge in [-0.05, 0) is 26.0 Å². The Hall–Kier alpha value is -2.04. The lowest BCUT2D eigenvalue weighted by atomic mass is 9.89. The number of benzene rings is 1. The summed E-state index contributed by atoms with van der Waals surface area (Å²) in [4.78, 5) is 18.3. The maximum Gasteiger partial charge on any atom is 0.309 e. The van der Waals surface area contributed by atoms with Crippen LogP contribution in [0.2, 0.25) is 0 Å². The average molecular weight is 234 g/mol. The summed E-state index contributed by atoms with van der Waals surface area (Å²) < 4.78 is 0. The summed E-state index contributed by atoms with van der Waals surface area (Å²) in [7, 11) is 0. The molecule has 1 aromatic heterocycles. The molecule has 0 spiro atoms. The molecule has 0 atom stereocenters. The van der Waals surface area contributed by atoms with Crippen molar-refractivity contribution in [1.82, 2.24) is 9.97 Å². The maximum absolute atomic E-state index is 11.0. The molecule has 90 valence electrons. The smallest absolute Gasteiger partial charge is 0.309 e. The quantitative estimate of drug-likeness (QED) is 0.757. The van der Waals surface area contributed by atoms with Crippen molar-refractivity contribution in [3.05, 3.63) is 24.0 Å². The molecular formula is C12H14N2O3. The van der Waals surface area contributed by atoms with Crippen LogP contribution in [0.1, 0.15) is 19.7 Å². The number of carboxylic acid groups (broad SMARTS) is 1. The predicted molar refractivity (Wildman–Crippen MR) is 62.9 cm³/mol. The van der Waals surface area contributed by atoms with Gasteiger partial charge < -0.3 is 15.2 Å². The number of fused-ring (bicyclic) bond motifs is 1. The number of hydrogen-bond donors (Lipinski definition) is 3. The van der Waals surface area contributed by atoms with Gasteiger partial charge in [0.15, 0.2) is 0 Å². The van der Waals surface area contributed by atoms with E-state index in [2.05, 4.69) is 9.97 Å². The van der Waals surface area contributed by atoms with Gasteiger partial charge in [-0.15, -0.1) is 0 Å². The zero-order valence-corrected chi connectivity index (χ0v) is 9.69. The Balaban J connectivity index is 2.34. The molecule has 17 heavy (non-hydrogen) atoms. The monoisotopic (exact) mass is 234 g/mol. The third kappa shape index (κ3) is 2.22. The summed E-state index contributed by atoms with van der Waals surface area (Å²) in [5, 5.41) is 18.4. The molecule has 0 radical (unpaired) electrons. The second-order valence-corrected chi connectivity index (χ2v) is 4.75. The van der Waals surface area contributed by atoms with E-state index < -0.39 is 11.4 Å². The first kappa shape index (κ1) is 11.4. The van der Waals surface area contributed by atoms with Crippen LogP contribution in [0.25, 0.3) is 11.0 Å². The van der Waals surface area contributed by atoms with Gasteiger partial charge in [-0.1, -0.05) is 0 Å². The van der Waals surface area contributed by atoms with Gasteiger partial charge in [0.1, 0.15) is 11.6 Å². The SMILES string of the molecule is CC(C)(Cc1nc2ccc(O)cc2[nH]1)C(=O)O. The molecule has 0 aliphatic carbocycles. The summed E-state index contributed by atoms with van der Waals surface area (Å²) in [6.45, 7) is 3.31. The fourth-order valence-corrected chi connectivity index (χ4v) is 1.63. The van der Waals surface area contributed by atoms with Crippen molar-refractivity contribution < 1.29 is 15.0 Å². The molecule has 0 saturated heterocycles. The van der Waals surface area contributed by atoms with Gasteiger partial charge in [0, 0.05) is 12.5 Å². The van der Waals surface area contributed by atoms with Crippen LogP contribution in [-0.2, 0) is 11.2 Å². The third-order valence-electron chi connectivity index (χ3n) is 2.70. The Bertz CT molecular complexity index is 572. The zero-order chi connectivity index (χ0) is 12.6. The molecule has 3 N–H and O–H groups in total. The van der Waals surface area contributed by atoms with Crippen molar-refractivity contribution >= 4 is 17.0 Å². The highest BCUT2D eigenvalue weighted by Crippen LogP contribution is 2.23. The van der Waals surface area contributed by atoms with Gasteiger partial charge in [-0.2, -0.15) is 0 Å². The molecule has 1 aromatic carbocycles. The first-order valence-electron chi connectivity index (χ1n) is 5.29. The number of nitrogens with zero attached hydrogens (tertiary/aromatic N) is 1. The molecule has 2 aromatic rings. The van der Waals surface area contributed by atoms with E-state index in [9.17, 15) is 9.90 Å². The van der Waals surface area contributed by atoms with Crippen molar-refractivity contribution in [2.75, 3.05) is 0 Å². The summed E-state index contributed by atoms with van der Waals surface area (Å²) >= 11 is 0. The number of aromatic hydroxyl groups is 1. The molecule has 0 aliphatic rings. The van der Waals surface area contributed by atoms with Crippen LogP contribution in [0.5, 0.6) is 5.75 Å². The summed E-state index contributed by atoms with van der Waals surface area (Å²) in [5.41, 5.74) is 0.566. The lowest BCUT2D eigenvalue weighted by Crippen LogP contribution is -2.26. The van der Waals surface area contributed by atoms with Crippen LogP contribution in [0.3, 0.4) is 0 Å². The fraction of sp³-hybridized carbons (Fsp3) is 0.333. The number of carboxylic acids is 1. The van der Waals surface area contributed by atoms with Gasteiger partial charge in [0.05, 0.1) is 16.4 Å². The van der Waals surface area contributed by atoms with Gasteiger partial charge >= 0.3 is 5.97 Å². The van der Waals surface area contributed by atoms with Crippen LogP contribution in [0.15, 0.2) is 18.2 Å². The number of aliphatic carboxylic acids is 1. The number of nitrogens with one attached hydrogen (secondary N) is 1. The molecule has 0 saturated carbocycles. The third-order valence-corrected chi connectivity index (χ3v) is 2.70. The van der Waals surface area contributed by atoms with Crippen molar-refractivity contribution in [1.29, 1.82) is 0 Å². The van der Waals surface area contributed by atoms with Crippen LogP contribution >= 0.6 is 0 Å². The number of phenols is 1. The van der Waals surface area contributed by atoms with Crippen LogP contribution < -0.4 is 0 Å². The van der Waals surface area contributed by atoms with Crippen LogP contribution in [0.4, 0.5) is 0 Å². The van der Waals surface area contributed by atoms with Crippen LogP contribution in [0, 0.1) is 5.41 Å². The van der Waals surface area contributed by atoms with E-state index in [0.29, 0.717) is 17.8 Å². The molecule has 1 heterocycles. The van der Waals surface area contributed by atoms with E-state index in [1.54, 1.807) is 32.0 Å². The molecule has 0 aliphatic heterocycles. The van der Waals surface area contributed by atoms with E-state index in [1.165, 1.54) is 0 Å². The first-order valence-corrected chi connectivity index (χ1v) is 5.29. The Morgan fingerprint density at radius 2 is 2.18 bits per heavy atom. The number of rotatable bonds is 3. The summed E-state index contributed by atoms with van der Waals surface area (Å²) in [5.74, 6) is -0.0935. The lowest BCUT2D eigenvalue weighted by Gasteiger charge is -2.16. The minimum absolute atomic E-state index is 0.158. The molecule has 2 rings (SSSR count). The number of hydrogen-bond acceptors (Lipinski definition) is 3. The second kappa shape index (κ2) is 3.76. The number of carbonyl (C=O) groups is 1. The van der Waals surface area contributed by atoms with Crippen molar-refractivity contribution in [2.45, 2.75) is 20.3 Å². The number of imidazole rings is 1. The van der Waals surface area contributed by atoms with E-state index in [1.807, 2.05) is 0 Å². The van der Waals surface area contributed by atoms with E-state index in [0.717, 1.165) is 5.52 Å². The normalized spacial score (nSPS) is 11.9. The minimum atomic E-state index is -0.865. The summed E-state index contributed by atoms with van der Waals surface area (Å²) in [6.07, 6.45) is 0.317. The Morgan fingerprint density at radius 3 is 2.82 bits per heavy atom.